The Balaban J connectivity index is 4.33. The normalized spacial score (nSPS) is 15.9. The molecule has 0 aromatic heterocycles. The number of hydrogen-bond donors (Lipinski definition) is 2. The number of aliphatic hydroxyl groups excluding tert-OH is 1. The van der Waals surface area contributed by atoms with Crippen molar-refractivity contribution in [3.05, 3.63) is 0 Å². The van der Waals surface area contributed by atoms with Gasteiger partial charge in [-0.25, -0.2) is 0 Å². The molecule has 3 heteroatoms. The zero-order valence-electron chi connectivity index (χ0n) is 9.92. The van der Waals surface area contributed by atoms with Crippen molar-refractivity contribution in [2.75, 3.05) is 19.7 Å². The lowest BCUT2D eigenvalue weighted by Gasteiger charge is -2.40. The van der Waals surface area contributed by atoms with Crippen molar-refractivity contribution in [2.45, 2.75) is 52.1 Å². The second kappa shape index (κ2) is 7.21. The summed E-state index contributed by atoms with van der Waals surface area (Å²) in [5, 5.41) is 9.03. The number of aliphatic hydroxyl groups is 1. The first-order valence-corrected chi connectivity index (χ1v) is 5.79. The summed E-state index contributed by atoms with van der Waals surface area (Å²) in [6.45, 7) is 8.49. The Labute approximate surface area is 88.3 Å². The van der Waals surface area contributed by atoms with Crippen molar-refractivity contribution in [3.8, 4) is 0 Å². The van der Waals surface area contributed by atoms with Crippen LogP contribution in [0.4, 0.5) is 0 Å². The maximum Gasteiger partial charge on any atom is 0.0709 e. The highest BCUT2D eigenvalue weighted by Gasteiger charge is 2.28. The van der Waals surface area contributed by atoms with E-state index in [9.17, 15) is 0 Å². The molecule has 0 spiro atoms. The van der Waals surface area contributed by atoms with Crippen LogP contribution in [-0.2, 0) is 0 Å². The summed E-state index contributed by atoms with van der Waals surface area (Å²) in [6.07, 6.45) is 3.94. The lowest BCUT2D eigenvalue weighted by Crippen LogP contribution is -2.56. The molecule has 3 N–H and O–H groups in total. The number of rotatable bonds is 8. The van der Waals surface area contributed by atoms with Gasteiger partial charge in [0.25, 0.3) is 0 Å². The summed E-state index contributed by atoms with van der Waals surface area (Å²) in [7, 11) is 0. The summed E-state index contributed by atoms with van der Waals surface area (Å²) in [6, 6.07) is 0. The van der Waals surface area contributed by atoms with Gasteiger partial charge in [0.05, 0.1) is 5.66 Å². The van der Waals surface area contributed by atoms with E-state index in [4.69, 9.17) is 10.8 Å². The minimum atomic E-state index is -0.297. The van der Waals surface area contributed by atoms with Gasteiger partial charge in [-0.05, 0) is 19.5 Å². The molecule has 86 valence electrons. The molecule has 1 unspecified atom stereocenters. The Morgan fingerprint density at radius 1 is 1.14 bits per heavy atom. The Bertz CT molecular complexity index is 137. The zero-order chi connectivity index (χ0) is 11.0. The first-order chi connectivity index (χ1) is 6.64. The molecule has 0 rings (SSSR count). The largest absolute Gasteiger partial charge is 0.396 e. The number of nitrogens with zero attached hydrogens (tertiary/aromatic N) is 1. The predicted octanol–water partition coefficient (Wildman–Crippen LogP) is 1.56. The maximum absolute atomic E-state index is 9.03. The van der Waals surface area contributed by atoms with E-state index in [1.54, 1.807) is 0 Å². The molecule has 0 saturated heterocycles. The van der Waals surface area contributed by atoms with Crippen molar-refractivity contribution >= 4 is 0 Å². The highest BCUT2D eigenvalue weighted by molar-refractivity contribution is 4.83. The monoisotopic (exact) mass is 202 g/mol. The van der Waals surface area contributed by atoms with Crippen molar-refractivity contribution in [2.24, 2.45) is 5.73 Å². The first kappa shape index (κ1) is 13.9. The fourth-order valence-corrected chi connectivity index (χ4v) is 1.97. The second-order valence-electron chi connectivity index (χ2n) is 3.85. The molecule has 0 aliphatic rings. The van der Waals surface area contributed by atoms with Crippen LogP contribution in [0.15, 0.2) is 0 Å². The minimum absolute atomic E-state index is 0.177. The van der Waals surface area contributed by atoms with E-state index >= 15 is 0 Å². The fourth-order valence-electron chi connectivity index (χ4n) is 1.97. The van der Waals surface area contributed by atoms with Crippen LogP contribution in [-0.4, -0.2) is 35.4 Å². The summed E-state index contributed by atoms with van der Waals surface area (Å²) in [5.74, 6) is 0. The van der Waals surface area contributed by atoms with Crippen LogP contribution in [0.25, 0.3) is 0 Å². The van der Waals surface area contributed by atoms with E-state index in [0.29, 0.717) is 6.42 Å². The molecule has 0 radical (unpaired) electrons. The molecule has 0 aliphatic heterocycles. The quantitative estimate of drug-likeness (QED) is 0.587. The van der Waals surface area contributed by atoms with Crippen LogP contribution in [0.2, 0.25) is 0 Å². The van der Waals surface area contributed by atoms with Crippen LogP contribution in [0.3, 0.4) is 0 Å². The molecule has 0 aromatic rings. The molecule has 0 fully saturated rings. The first-order valence-electron chi connectivity index (χ1n) is 5.79. The Hall–Kier alpha value is -0.120. The summed E-state index contributed by atoms with van der Waals surface area (Å²) in [5.41, 5.74) is 6.03. The summed E-state index contributed by atoms with van der Waals surface area (Å²) >= 11 is 0. The standard InChI is InChI=1S/C11H26N2O/c1-4-7-8-11(12,9-10-14)13(5-2)6-3/h14H,4-10,12H2,1-3H3. The predicted molar refractivity (Wildman–Crippen MR) is 61.1 cm³/mol. The lowest BCUT2D eigenvalue weighted by atomic mass is 9.98. The fraction of sp³-hybridized carbons (Fsp3) is 1.00. The van der Waals surface area contributed by atoms with Gasteiger partial charge in [0, 0.05) is 13.0 Å². The average molecular weight is 202 g/mol. The molecule has 3 nitrogen and oxygen atoms in total. The van der Waals surface area contributed by atoms with E-state index in [1.807, 2.05) is 0 Å². The third kappa shape index (κ3) is 3.95. The topological polar surface area (TPSA) is 49.5 Å². The van der Waals surface area contributed by atoms with E-state index < -0.39 is 0 Å². The number of nitrogens with two attached hydrogens (primary N) is 1. The highest BCUT2D eigenvalue weighted by atomic mass is 16.3. The SMILES string of the molecule is CCCCC(N)(CCO)N(CC)CC. The van der Waals surface area contributed by atoms with Gasteiger partial charge in [-0.2, -0.15) is 0 Å². The van der Waals surface area contributed by atoms with Gasteiger partial charge >= 0.3 is 0 Å². The number of unbranched alkanes of at least 4 members (excludes halogenated alkanes) is 1. The third-order valence-corrected chi connectivity index (χ3v) is 2.90. The smallest absolute Gasteiger partial charge is 0.0709 e. The number of hydrogen-bond acceptors (Lipinski definition) is 3. The van der Waals surface area contributed by atoms with Gasteiger partial charge in [-0.1, -0.05) is 33.6 Å². The third-order valence-electron chi connectivity index (χ3n) is 2.90. The van der Waals surface area contributed by atoms with E-state index in [0.717, 1.165) is 32.4 Å². The molecule has 0 aromatic carbocycles. The molecular formula is C11H26N2O. The van der Waals surface area contributed by atoms with Crippen LogP contribution in [0.1, 0.15) is 46.5 Å². The van der Waals surface area contributed by atoms with Crippen molar-refractivity contribution in [1.29, 1.82) is 0 Å². The van der Waals surface area contributed by atoms with Crippen molar-refractivity contribution < 1.29 is 5.11 Å². The molecule has 0 saturated carbocycles. The molecular weight excluding hydrogens is 176 g/mol. The van der Waals surface area contributed by atoms with Gasteiger partial charge < -0.3 is 10.8 Å². The van der Waals surface area contributed by atoms with Crippen LogP contribution < -0.4 is 5.73 Å². The van der Waals surface area contributed by atoms with Gasteiger partial charge in [-0.3, -0.25) is 4.90 Å². The van der Waals surface area contributed by atoms with Gasteiger partial charge in [0.1, 0.15) is 0 Å². The van der Waals surface area contributed by atoms with E-state index in [-0.39, 0.29) is 12.3 Å². The van der Waals surface area contributed by atoms with E-state index in [1.165, 1.54) is 0 Å². The van der Waals surface area contributed by atoms with Crippen molar-refractivity contribution in [1.82, 2.24) is 4.90 Å². The second-order valence-corrected chi connectivity index (χ2v) is 3.85. The molecule has 0 heterocycles. The molecule has 0 bridgehead atoms. The van der Waals surface area contributed by atoms with Gasteiger partial charge in [0.2, 0.25) is 0 Å². The minimum Gasteiger partial charge on any atom is -0.396 e. The van der Waals surface area contributed by atoms with Crippen LogP contribution in [0.5, 0.6) is 0 Å². The highest BCUT2D eigenvalue weighted by Crippen LogP contribution is 2.20. The summed E-state index contributed by atoms with van der Waals surface area (Å²) < 4.78 is 0. The zero-order valence-corrected chi connectivity index (χ0v) is 9.92. The van der Waals surface area contributed by atoms with Crippen LogP contribution >= 0.6 is 0 Å². The lowest BCUT2D eigenvalue weighted by molar-refractivity contribution is 0.0640. The molecule has 14 heavy (non-hydrogen) atoms. The van der Waals surface area contributed by atoms with Gasteiger partial charge in [-0.15, -0.1) is 0 Å². The molecule has 1 atom stereocenters. The van der Waals surface area contributed by atoms with Crippen molar-refractivity contribution in [3.63, 3.8) is 0 Å². The maximum atomic E-state index is 9.03. The molecule has 0 amide bonds. The van der Waals surface area contributed by atoms with Crippen LogP contribution in [0, 0.1) is 0 Å². The Kier molecular flexibility index (Phi) is 7.15. The Morgan fingerprint density at radius 3 is 2.07 bits per heavy atom. The van der Waals surface area contributed by atoms with Gasteiger partial charge in [0.15, 0.2) is 0 Å². The summed E-state index contributed by atoms with van der Waals surface area (Å²) in [4.78, 5) is 2.25. The molecule has 0 aliphatic carbocycles. The Morgan fingerprint density at radius 2 is 1.71 bits per heavy atom. The average Bonchev–Trinajstić information content (AvgIpc) is 2.17. The van der Waals surface area contributed by atoms with E-state index in [2.05, 4.69) is 25.7 Å².